The van der Waals surface area contributed by atoms with Crippen LogP contribution in [0.15, 0.2) is 110 Å². The molecule has 10 heteroatoms. The highest BCUT2D eigenvalue weighted by molar-refractivity contribution is 6.31. The molecule has 0 saturated carbocycles. The Morgan fingerprint density at radius 1 is 0.886 bits per heavy atom. The number of pyridine rings is 1. The van der Waals surface area contributed by atoms with Crippen molar-refractivity contribution in [2.24, 2.45) is 7.05 Å². The molecule has 2 amide bonds. The average Bonchev–Trinajstić information content (AvgIpc) is 3.47. The largest absolute Gasteiger partial charge is 0.497 e. The molecule has 0 fully saturated rings. The number of fused-ring (bicyclic) bond motifs is 1. The highest BCUT2D eigenvalue weighted by Gasteiger charge is 2.37. The van der Waals surface area contributed by atoms with Crippen LogP contribution in [0.2, 0.25) is 10.0 Å². The fourth-order valence-corrected chi connectivity index (χ4v) is 5.54. The quantitative estimate of drug-likeness (QED) is 0.168. The van der Waals surface area contributed by atoms with Crippen LogP contribution < -0.4 is 15.4 Å². The number of imidazole rings is 1. The van der Waals surface area contributed by atoms with E-state index in [1.807, 2.05) is 43.4 Å². The number of benzene rings is 4. The third kappa shape index (κ3) is 5.70. The number of rotatable bonds is 7. The summed E-state index contributed by atoms with van der Waals surface area (Å²) in [6.07, 6.45) is 3.29. The predicted molar refractivity (Wildman–Crippen MR) is 175 cm³/mol. The molecular formula is C34H27Cl2N5O3. The Morgan fingerprint density at radius 3 is 2.32 bits per heavy atom. The number of carbonyl (C=O) groups excluding carboxylic acids is 1. The lowest BCUT2D eigenvalue weighted by Crippen LogP contribution is -2.31. The molecule has 8 nitrogen and oxygen atoms in total. The van der Waals surface area contributed by atoms with Crippen molar-refractivity contribution in [3.63, 3.8) is 0 Å². The zero-order chi connectivity index (χ0) is 30.8. The van der Waals surface area contributed by atoms with Gasteiger partial charge >= 0.3 is 6.03 Å². The van der Waals surface area contributed by atoms with Gasteiger partial charge in [0.15, 0.2) is 5.60 Å². The second-order valence-electron chi connectivity index (χ2n) is 10.2. The van der Waals surface area contributed by atoms with E-state index in [0.717, 1.165) is 16.5 Å². The molecule has 4 aromatic carbocycles. The minimum atomic E-state index is -1.56. The lowest BCUT2D eigenvalue weighted by molar-refractivity contribution is 0.117. The van der Waals surface area contributed by atoms with E-state index in [1.165, 1.54) is 0 Å². The number of anilines is 2. The van der Waals surface area contributed by atoms with E-state index in [9.17, 15) is 9.90 Å². The SMILES string of the molecule is COc1ccc(NC(=O)Nc2cc(-c3cccc(Cl)c3)c3cc(C(O)(c4ccc(Cl)cc4)c4cncn4C)ccc3n2)cc1. The first-order valence-electron chi connectivity index (χ1n) is 13.6. The van der Waals surface area contributed by atoms with Crippen molar-refractivity contribution < 1.29 is 14.6 Å². The smallest absolute Gasteiger partial charge is 0.324 e. The number of aromatic nitrogens is 3. The number of nitrogens with zero attached hydrogens (tertiary/aromatic N) is 3. The molecule has 6 aromatic rings. The van der Waals surface area contributed by atoms with E-state index in [-0.39, 0.29) is 0 Å². The Kier molecular flexibility index (Phi) is 7.97. The summed E-state index contributed by atoms with van der Waals surface area (Å²) < 4.78 is 6.97. The molecule has 0 saturated heterocycles. The Morgan fingerprint density at radius 2 is 1.64 bits per heavy atom. The van der Waals surface area contributed by atoms with Crippen LogP contribution in [0.1, 0.15) is 16.8 Å². The summed E-state index contributed by atoms with van der Waals surface area (Å²) in [5.41, 5.74) is 3.01. The van der Waals surface area contributed by atoms with Gasteiger partial charge in [-0.25, -0.2) is 14.8 Å². The summed E-state index contributed by atoms with van der Waals surface area (Å²) in [5, 5.41) is 20.0. The molecule has 0 spiro atoms. The number of hydrogen-bond donors (Lipinski definition) is 3. The molecule has 220 valence electrons. The number of halogens is 2. The summed E-state index contributed by atoms with van der Waals surface area (Å²) in [4.78, 5) is 21.9. The predicted octanol–water partition coefficient (Wildman–Crippen LogP) is 7.88. The average molecular weight is 625 g/mol. The monoisotopic (exact) mass is 623 g/mol. The van der Waals surface area contributed by atoms with Gasteiger partial charge in [-0.2, -0.15) is 0 Å². The molecule has 1 unspecified atom stereocenters. The first-order valence-corrected chi connectivity index (χ1v) is 14.4. The van der Waals surface area contributed by atoms with E-state index < -0.39 is 11.6 Å². The first kappa shape index (κ1) is 29.2. The number of methoxy groups -OCH3 is 1. The molecule has 2 aromatic heterocycles. The van der Waals surface area contributed by atoms with Crippen LogP contribution in [0.5, 0.6) is 5.75 Å². The van der Waals surface area contributed by atoms with Crippen LogP contribution in [0.4, 0.5) is 16.3 Å². The highest BCUT2D eigenvalue weighted by atomic mass is 35.5. The number of nitrogens with one attached hydrogen (secondary N) is 2. The Labute approximate surface area is 263 Å². The number of aryl methyl sites for hydroxylation is 1. The number of ether oxygens (including phenoxy) is 1. The molecule has 0 radical (unpaired) electrons. The van der Waals surface area contributed by atoms with Gasteiger partial charge in [0.1, 0.15) is 11.6 Å². The van der Waals surface area contributed by atoms with Crippen molar-refractivity contribution in [3.8, 4) is 16.9 Å². The van der Waals surface area contributed by atoms with Crippen LogP contribution in [0.3, 0.4) is 0 Å². The number of urea groups is 1. The second-order valence-corrected chi connectivity index (χ2v) is 11.1. The Balaban J connectivity index is 1.46. The van der Waals surface area contributed by atoms with Gasteiger partial charge in [-0.3, -0.25) is 5.32 Å². The van der Waals surface area contributed by atoms with E-state index in [0.29, 0.717) is 49.6 Å². The van der Waals surface area contributed by atoms with Gasteiger partial charge in [0.05, 0.1) is 30.8 Å². The normalized spacial score (nSPS) is 12.5. The van der Waals surface area contributed by atoms with Crippen molar-refractivity contribution in [3.05, 3.63) is 136 Å². The molecule has 0 aliphatic carbocycles. The van der Waals surface area contributed by atoms with E-state index in [2.05, 4.69) is 15.6 Å². The molecule has 0 aliphatic rings. The van der Waals surface area contributed by atoms with Crippen LogP contribution in [0, 0.1) is 0 Å². The van der Waals surface area contributed by atoms with Crippen molar-refractivity contribution >= 4 is 51.6 Å². The molecule has 1 atom stereocenters. The molecular weight excluding hydrogens is 597 g/mol. The summed E-state index contributed by atoms with van der Waals surface area (Å²) in [5.74, 6) is 1.02. The molecule has 0 bridgehead atoms. The van der Waals surface area contributed by atoms with Gasteiger partial charge in [-0.1, -0.05) is 53.5 Å². The van der Waals surface area contributed by atoms with Crippen LogP contribution in [-0.2, 0) is 12.6 Å². The number of aliphatic hydroxyl groups is 1. The lowest BCUT2D eigenvalue weighted by atomic mass is 9.82. The summed E-state index contributed by atoms with van der Waals surface area (Å²) >= 11 is 12.6. The fraction of sp³-hybridized carbons (Fsp3) is 0.0882. The maximum Gasteiger partial charge on any atom is 0.324 e. The third-order valence-electron chi connectivity index (χ3n) is 7.40. The van der Waals surface area contributed by atoms with Crippen LogP contribution >= 0.6 is 23.2 Å². The number of carbonyl (C=O) groups is 1. The van der Waals surface area contributed by atoms with E-state index in [4.69, 9.17) is 32.9 Å². The van der Waals surface area contributed by atoms with E-state index in [1.54, 1.807) is 84.9 Å². The zero-order valence-corrected chi connectivity index (χ0v) is 25.3. The van der Waals surface area contributed by atoms with Gasteiger partial charge in [0.25, 0.3) is 0 Å². The van der Waals surface area contributed by atoms with Crippen molar-refractivity contribution in [2.45, 2.75) is 5.60 Å². The summed E-state index contributed by atoms with van der Waals surface area (Å²) in [6, 6.07) is 28.4. The maximum atomic E-state index is 12.9. The van der Waals surface area contributed by atoms with Crippen molar-refractivity contribution in [2.75, 3.05) is 17.7 Å². The highest BCUT2D eigenvalue weighted by Crippen LogP contribution is 2.40. The molecule has 0 aliphatic heterocycles. The maximum absolute atomic E-state index is 12.9. The van der Waals surface area contributed by atoms with Gasteiger partial charge in [0, 0.05) is 28.2 Å². The fourth-order valence-electron chi connectivity index (χ4n) is 5.22. The minimum absolute atomic E-state index is 0.339. The molecule has 44 heavy (non-hydrogen) atoms. The number of amides is 2. The molecule has 6 rings (SSSR count). The standard InChI is InChI=1S/C34H27Cl2N5O3/c1-41-20-37-19-31(41)34(43,22-6-9-24(35)10-7-22)23-8-15-30-29(17-23)28(21-4-3-5-25(36)16-21)18-32(39-30)40-33(42)38-26-11-13-27(44-2)14-12-26/h3-20,43H,1-2H3,(H2,38,39,40,42). The van der Waals surface area contributed by atoms with Gasteiger partial charge in [-0.05, 0) is 89.0 Å². The minimum Gasteiger partial charge on any atom is -0.497 e. The van der Waals surface area contributed by atoms with Gasteiger partial charge in [0.2, 0.25) is 0 Å². The van der Waals surface area contributed by atoms with Crippen molar-refractivity contribution in [1.29, 1.82) is 0 Å². The number of hydrogen-bond acceptors (Lipinski definition) is 5. The van der Waals surface area contributed by atoms with E-state index >= 15 is 0 Å². The summed E-state index contributed by atoms with van der Waals surface area (Å²) in [7, 11) is 3.41. The Hall–Kier alpha value is -4.89. The lowest BCUT2D eigenvalue weighted by Gasteiger charge is -2.30. The van der Waals surface area contributed by atoms with Crippen molar-refractivity contribution in [1.82, 2.24) is 14.5 Å². The molecule has 3 N–H and O–H groups in total. The molecule has 2 heterocycles. The second kappa shape index (κ2) is 12.0. The van der Waals surface area contributed by atoms with Crippen LogP contribution in [-0.4, -0.2) is 32.8 Å². The zero-order valence-electron chi connectivity index (χ0n) is 23.8. The van der Waals surface area contributed by atoms with Crippen LogP contribution in [0.25, 0.3) is 22.0 Å². The third-order valence-corrected chi connectivity index (χ3v) is 7.89. The van der Waals surface area contributed by atoms with Gasteiger partial charge < -0.3 is 19.7 Å². The first-order chi connectivity index (χ1) is 21.2. The van der Waals surface area contributed by atoms with Gasteiger partial charge in [-0.15, -0.1) is 0 Å². The topological polar surface area (TPSA) is 101 Å². The Bertz CT molecular complexity index is 1980. The summed E-state index contributed by atoms with van der Waals surface area (Å²) in [6.45, 7) is 0.